The van der Waals surface area contributed by atoms with Crippen LogP contribution in [0.2, 0.25) is 5.02 Å². The summed E-state index contributed by atoms with van der Waals surface area (Å²) in [6.07, 6.45) is 0.210. The molecule has 4 nitrogen and oxygen atoms in total. The average Bonchev–Trinajstić information content (AvgIpc) is 2.81. The van der Waals surface area contributed by atoms with E-state index in [2.05, 4.69) is 0 Å². The molecule has 24 heavy (non-hydrogen) atoms. The predicted molar refractivity (Wildman–Crippen MR) is 87.3 cm³/mol. The Morgan fingerprint density at radius 1 is 1.21 bits per heavy atom. The number of halogens is 2. The van der Waals surface area contributed by atoms with Crippen LogP contribution >= 0.6 is 11.6 Å². The lowest BCUT2D eigenvalue weighted by atomic mass is 10.0. The number of carbonyl (C=O) groups excluding carboxylic acids is 1. The molecular weight excluding hydrogens is 333 g/mol. The fourth-order valence-corrected chi connectivity index (χ4v) is 3.34. The van der Waals surface area contributed by atoms with Gasteiger partial charge in [-0.1, -0.05) is 29.8 Å². The summed E-state index contributed by atoms with van der Waals surface area (Å²) in [7, 11) is 0. The summed E-state index contributed by atoms with van der Waals surface area (Å²) in [6.45, 7) is 0.272. The van der Waals surface area contributed by atoms with Gasteiger partial charge >= 0.3 is 5.97 Å². The van der Waals surface area contributed by atoms with E-state index < -0.39 is 12.0 Å². The standard InChI is InChI=1S/C18H15ClFNO3/c19-14-3-1-2-13-17(14)15(8-9-16(22)23)21(18(13)24)10-11-4-6-12(20)7-5-11/h1-7,15H,8-10H2,(H,22,23). The molecule has 0 fully saturated rings. The minimum Gasteiger partial charge on any atom is -0.481 e. The van der Waals surface area contributed by atoms with E-state index in [-0.39, 0.29) is 31.1 Å². The fourth-order valence-electron chi connectivity index (χ4n) is 3.04. The van der Waals surface area contributed by atoms with Crippen LogP contribution in [0.1, 0.15) is 40.4 Å². The van der Waals surface area contributed by atoms with Crippen LogP contribution in [0.15, 0.2) is 42.5 Å². The Morgan fingerprint density at radius 2 is 1.92 bits per heavy atom. The molecule has 2 aromatic rings. The molecule has 6 heteroatoms. The topological polar surface area (TPSA) is 57.6 Å². The van der Waals surface area contributed by atoms with Gasteiger partial charge in [0.1, 0.15) is 5.82 Å². The molecule has 3 rings (SSSR count). The van der Waals surface area contributed by atoms with E-state index in [1.165, 1.54) is 12.1 Å². The van der Waals surface area contributed by atoms with Crippen molar-refractivity contribution in [2.75, 3.05) is 0 Å². The predicted octanol–water partition coefficient (Wildman–Crippen LogP) is 4.04. The minimum absolute atomic E-state index is 0.0669. The highest BCUT2D eigenvalue weighted by Crippen LogP contribution is 2.41. The molecule has 0 saturated heterocycles. The van der Waals surface area contributed by atoms with Gasteiger partial charge in [0, 0.05) is 29.1 Å². The molecule has 0 radical (unpaired) electrons. The smallest absolute Gasteiger partial charge is 0.303 e. The number of carbonyl (C=O) groups is 2. The number of amides is 1. The van der Waals surface area contributed by atoms with Crippen molar-refractivity contribution in [2.45, 2.75) is 25.4 Å². The van der Waals surface area contributed by atoms with Gasteiger partial charge in [0.15, 0.2) is 0 Å². The van der Waals surface area contributed by atoms with Crippen molar-refractivity contribution in [1.29, 1.82) is 0 Å². The molecule has 0 spiro atoms. The molecular formula is C18H15ClFNO3. The summed E-state index contributed by atoms with van der Waals surface area (Å²) in [6, 6.07) is 10.6. The van der Waals surface area contributed by atoms with Gasteiger partial charge < -0.3 is 10.0 Å². The summed E-state index contributed by atoms with van der Waals surface area (Å²) in [5.74, 6) is -1.46. The Labute approximate surface area is 143 Å². The van der Waals surface area contributed by atoms with E-state index in [4.69, 9.17) is 16.7 Å². The van der Waals surface area contributed by atoms with Crippen molar-refractivity contribution >= 4 is 23.5 Å². The van der Waals surface area contributed by atoms with Crippen molar-refractivity contribution in [1.82, 2.24) is 4.90 Å². The summed E-state index contributed by atoms with van der Waals surface area (Å²) in [5.41, 5.74) is 1.95. The molecule has 1 aliphatic heterocycles. The van der Waals surface area contributed by atoms with E-state index >= 15 is 0 Å². The maximum atomic E-state index is 13.1. The molecule has 1 N–H and O–H groups in total. The zero-order valence-corrected chi connectivity index (χ0v) is 13.5. The van der Waals surface area contributed by atoms with Crippen LogP contribution in [-0.4, -0.2) is 21.9 Å². The third-order valence-corrected chi connectivity index (χ3v) is 4.48. The highest BCUT2D eigenvalue weighted by atomic mass is 35.5. The number of benzene rings is 2. The second-order valence-corrected chi connectivity index (χ2v) is 6.12. The van der Waals surface area contributed by atoms with Crippen LogP contribution in [0, 0.1) is 5.82 Å². The van der Waals surface area contributed by atoms with Crippen molar-refractivity contribution in [3.63, 3.8) is 0 Å². The largest absolute Gasteiger partial charge is 0.481 e. The summed E-state index contributed by atoms with van der Waals surface area (Å²) in [5, 5.41) is 9.44. The van der Waals surface area contributed by atoms with E-state index in [9.17, 15) is 14.0 Å². The molecule has 0 aromatic heterocycles. The lowest BCUT2D eigenvalue weighted by Crippen LogP contribution is -2.28. The number of fused-ring (bicyclic) bond motifs is 1. The summed E-state index contributed by atoms with van der Waals surface area (Å²) in [4.78, 5) is 25.3. The van der Waals surface area contributed by atoms with E-state index in [0.717, 1.165) is 5.56 Å². The van der Waals surface area contributed by atoms with Gasteiger partial charge in [-0.3, -0.25) is 9.59 Å². The number of rotatable bonds is 5. The average molecular weight is 348 g/mol. The van der Waals surface area contributed by atoms with Crippen molar-refractivity contribution in [3.8, 4) is 0 Å². The summed E-state index contributed by atoms with van der Waals surface area (Å²) >= 11 is 6.26. The Balaban J connectivity index is 1.94. The molecule has 1 heterocycles. The summed E-state index contributed by atoms with van der Waals surface area (Å²) < 4.78 is 13.1. The molecule has 1 aliphatic rings. The monoisotopic (exact) mass is 347 g/mol. The van der Waals surface area contributed by atoms with Crippen LogP contribution in [0.25, 0.3) is 0 Å². The molecule has 0 saturated carbocycles. The first-order valence-corrected chi connectivity index (χ1v) is 7.91. The second-order valence-electron chi connectivity index (χ2n) is 5.71. The minimum atomic E-state index is -0.926. The first-order chi connectivity index (χ1) is 11.5. The van der Waals surface area contributed by atoms with Crippen LogP contribution in [0.4, 0.5) is 4.39 Å². The molecule has 1 amide bonds. The maximum Gasteiger partial charge on any atom is 0.303 e. The first-order valence-electron chi connectivity index (χ1n) is 7.53. The number of carboxylic acids is 1. The number of nitrogens with zero attached hydrogens (tertiary/aromatic N) is 1. The van der Waals surface area contributed by atoms with Crippen LogP contribution in [0.5, 0.6) is 0 Å². The highest BCUT2D eigenvalue weighted by molar-refractivity contribution is 6.32. The van der Waals surface area contributed by atoms with Gasteiger partial charge in [-0.05, 0) is 36.2 Å². The zero-order chi connectivity index (χ0) is 17.3. The fraction of sp³-hybridized carbons (Fsp3) is 0.222. The van der Waals surface area contributed by atoms with E-state index in [1.54, 1.807) is 35.2 Å². The second kappa shape index (κ2) is 6.61. The molecule has 1 unspecified atom stereocenters. The molecule has 0 bridgehead atoms. The normalized spacial score (nSPS) is 16.3. The van der Waals surface area contributed by atoms with Gasteiger partial charge in [-0.2, -0.15) is 0 Å². The van der Waals surface area contributed by atoms with Gasteiger partial charge in [-0.25, -0.2) is 4.39 Å². The van der Waals surface area contributed by atoms with Gasteiger partial charge in [0.05, 0.1) is 6.04 Å². The van der Waals surface area contributed by atoms with Crippen molar-refractivity contribution in [3.05, 3.63) is 70.0 Å². The van der Waals surface area contributed by atoms with Gasteiger partial charge in [0.25, 0.3) is 5.91 Å². The third kappa shape index (κ3) is 3.12. The number of carboxylic acid groups (broad SMARTS) is 1. The molecule has 2 aromatic carbocycles. The SMILES string of the molecule is O=C(O)CCC1c2c(Cl)cccc2C(=O)N1Cc1ccc(F)cc1. The lowest BCUT2D eigenvalue weighted by Gasteiger charge is -2.25. The van der Waals surface area contributed by atoms with Gasteiger partial charge in [0.2, 0.25) is 0 Å². The van der Waals surface area contributed by atoms with Crippen LogP contribution in [-0.2, 0) is 11.3 Å². The first kappa shape index (κ1) is 16.5. The number of hydrogen-bond acceptors (Lipinski definition) is 2. The van der Waals surface area contributed by atoms with Crippen molar-refractivity contribution < 1.29 is 19.1 Å². The Bertz CT molecular complexity index is 791. The molecule has 124 valence electrons. The highest BCUT2D eigenvalue weighted by Gasteiger charge is 2.38. The molecule has 0 aliphatic carbocycles. The van der Waals surface area contributed by atoms with Gasteiger partial charge in [-0.15, -0.1) is 0 Å². The Kier molecular flexibility index (Phi) is 4.53. The van der Waals surface area contributed by atoms with E-state index in [1.807, 2.05) is 0 Å². The number of hydrogen-bond donors (Lipinski definition) is 1. The number of aliphatic carboxylic acids is 1. The van der Waals surface area contributed by atoms with Crippen LogP contribution < -0.4 is 0 Å². The Hall–Kier alpha value is -2.40. The third-order valence-electron chi connectivity index (χ3n) is 4.15. The Morgan fingerprint density at radius 3 is 2.58 bits per heavy atom. The lowest BCUT2D eigenvalue weighted by molar-refractivity contribution is -0.137. The van der Waals surface area contributed by atoms with E-state index in [0.29, 0.717) is 16.1 Å². The van der Waals surface area contributed by atoms with Crippen molar-refractivity contribution in [2.24, 2.45) is 0 Å². The zero-order valence-electron chi connectivity index (χ0n) is 12.7. The maximum absolute atomic E-state index is 13.1. The quantitative estimate of drug-likeness (QED) is 0.888. The molecule has 1 atom stereocenters. The van der Waals surface area contributed by atoms with Crippen LogP contribution in [0.3, 0.4) is 0 Å².